The van der Waals surface area contributed by atoms with Crippen LogP contribution in [-0.4, -0.2) is 18.1 Å². The third kappa shape index (κ3) is 2.86. The number of hydrogen-bond donors (Lipinski definition) is 1. The largest absolute Gasteiger partial charge is 0.348 e. The normalized spacial score (nSPS) is 23.0. The van der Waals surface area contributed by atoms with Crippen molar-refractivity contribution >= 4 is 16.5 Å². The molecule has 2 aliphatic rings. The number of hydrogen-bond acceptors (Lipinski definition) is 4. The Morgan fingerprint density at radius 3 is 2.45 bits per heavy atom. The molecule has 1 aromatic heterocycles. The molecule has 0 atom stereocenters. The molecule has 0 saturated heterocycles. The summed E-state index contributed by atoms with van der Waals surface area (Å²) < 4.78 is 0. The average molecular weight is 293 g/mol. The second-order valence-corrected chi connectivity index (χ2v) is 8.35. The molecule has 0 amide bonds. The molecule has 0 spiro atoms. The minimum atomic E-state index is 0.530. The second-order valence-electron chi connectivity index (χ2n) is 7.29. The highest BCUT2D eigenvalue weighted by Gasteiger charge is 2.32. The van der Waals surface area contributed by atoms with Gasteiger partial charge in [0, 0.05) is 30.4 Å². The standard InChI is InChI=1S/C16H27N3S/c1-16(2)8-6-12(7-9-16)19(3)15-18-14(11-4-5-11)13(10-17)20-15/h11-12H,4-10,17H2,1-3H3. The van der Waals surface area contributed by atoms with Crippen LogP contribution in [0.1, 0.15) is 68.9 Å². The van der Waals surface area contributed by atoms with Gasteiger partial charge in [0.05, 0.1) is 5.69 Å². The Labute approximate surface area is 126 Å². The molecule has 0 unspecified atom stereocenters. The van der Waals surface area contributed by atoms with E-state index in [2.05, 4.69) is 25.8 Å². The number of nitrogens with zero attached hydrogens (tertiary/aromatic N) is 2. The minimum Gasteiger partial charge on any atom is -0.348 e. The monoisotopic (exact) mass is 293 g/mol. The first-order valence-corrected chi connectivity index (χ1v) is 8.74. The van der Waals surface area contributed by atoms with Gasteiger partial charge in [0.2, 0.25) is 0 Å². The molecule has 112 valence electrons. The van der Waals surface area contributed by atoms with Crippen molar-refractivity contribution in [2.45, 2.75) is 70.9 Å². The Hall–Kier alpha value is -0.610. The molecule has 0 radical (unpaired) electrons. The molecule has 3 nitrogen and oxygen atoms in total. The topological polar surface area (TPSA) is 42.2 Å². The van der Waals surface area contributed by atoms with Crippen molar-refractivity contribution < 1.29 is 0 Å². The van der Waals surface area contributed by atoms with Gasteiger partial charge >= 0.3 is 0 Å². The van der Waals surface area contributed by atoms with Gasteiger partial charge in [0.15, 0.2) is 5.13 Å². The fraction of sp³-hybridized carbons (Fsp3) is 0.812. The highest BCUT2D eigenvalue weighted by Crippen LogP contribution is 2.45. The highest BCUT2D eigenvalue weighted by atomic mass is 32.1. The van der Waals surface area contributed by atoms with Gasteiger partial charge < -0.3 is 10.6 Å². The van der Waals surface area contributed by atoms with Gasteiger partial charge in [-0.15, -0.1) is 11.3 Å². The van der Waals surface area contributed by atoms with Crippen LogP contribution in [0.25, 0.3) is 0 Å². The Bertz CT molecular complexity index is 466. The van der Waals surface area contributed by atoms with Gasteiger partial charge in [0.1, 0.15) is 0 Å². The molecule has 4 heteroatoms. The molecule has 2 aliphatic carbocycles. The number of aromatic nitrogens is 1. The molecule has 1 heterocycles. The quantitative estimate of drug-likeness (QED) is 0.916. The van der Waals surface area contributed by atoms with E-state index in [0.717, 1.165) is 0 Å². The van der Waals surface area contributed by atoms with E-state index in [1.54, 1.807) is 0 Å². The van der Waals surface area contributed by atoms with E-state index in [0.29, 0.717) is 23.9 Å². The van der Waals surface area contributed by atoms with E-state index in [1.165, 1.54) is 54.2 Å². The average Bonchev–Trinajstić information content (AvgIpc) is 3.17. The first kappa shape index (κ1) is 14.3. The zero-order valence-corrected chi connectivity index (χ0v) is 13.8. The van der Waals surface area contributed by atoms with Gasteiger partial charge in [0.25, 0.3) is 0 Å². The van der Waals surface area contributed by atoms with Crippen LogP contribution in [0.15, 0.2) is 0 Å². The summed E-state index contributed by atoms with van der Waals surface area (Å²) in [6.45, 7) is 5.43. The van der Waals surface area contributed by atoms with Crippen LogP contribution in [0.4, 0.5) is 5.13 Å². The summed E-state index contributed by atoms with van der Waals surface area (Å²) in [6.07, 6.45) is 7.84. The molecule has 1 aromatic rings. The molecule has 0 aliphatic heterocycles. The Morgan fingerprint density at radius 2 is 1.90 bits per heavy atom. The molecule has 0 aromatic carbocycles. The second kappa shape index (κ2) is 5.30. The van der Waals surface area contributed by atoms with Gasteiger partial charge in [-0.1, -0.05) is 13.8 Å². The van der Waals surface area contributed by atoms with Crippen LogP contribution in [0.3, 0.4) is 0 Å². The van der Waals surface area contributed by atoms with Crippen LogP contribution < -0.4 is 10.6 Å². The number of thiazole rings is 1. The van der Waals surface area contributed by atoms with Crippen LogP contribution in [-0.2, 0) is 6.54 Å². The minimum absolute atomic E-state index is 0.530. The summed E-state index contributed by atoms with van der Waals surface area (Å²) in [6, 6.07) is 0.659. The first-order valence-electron chi connectivity index (χ1n) is 7.93. The summed E-state index contributed by atoms with van der Waals surface area (Å²) in [5, 5.41) is 1.19. The molecular weight excluding hydrogens is 266 g/mol. The van der Waals surface area contributed by atoms with Crippen LogP contribution in [0.2, 0.25) is 0 Å². The van der Waals surface area contributed by atoms with Crippen molar-refractivity contribution in [3.8, 4) is 0 Å². The maximum Gasteiger partial charge on any atom is 0.185 e. The molecule has 2 fully saturated rings. The van der Waals surface area contributed by atoms with Crippen LogP contribution in [0, 0.1) is 5.41 Å². The van der Waals surface area contributed by atoms with Crippen molar-refractivity contribution in [2.75, 3.05) is 11.9 Å². The van der Waals surface area contributed by atoms with Crippen molar-refractivity contribution in [1.82, 2.24) is 4.98 Å². The Kier molecular flexibility index (Phi) is 3.80. The number of nitrogens with two attached hydrogens (primary N) is 1. The van der Waals surface area contributed by atoms with Crippen molar-refractivity contribution in [3.63, 3.8) is 0 Å². The Morgan fingerprint density at radius 1 is 1.25 bits per heavy atom. The summed E-state index contributed by atoms with van der Waals surface area (Å²) >= 11 is 1.82. The SMILES string of the molecule is CN(c1nc(C2CC2)c(CN)s1)C1CCC(C)(C)CC1. The van der Waals surface area contributed by atoms with Gasteiger partial charge in [-0.25, -0.2) is 4.98 Å². The van der Waals surface area contributed by atoms with E-state index in [9.17, 15) is 0 Å². The van der Waals surface area contributed by atoms with Crippen molar-refractivity contribution in [2.24, 2.45) is 11.1 Å². The van der Waals surface area contributed by atoms with Crippen molar-refractivity contribution in [1.29, 1.82) is 0 Å². The molecule has 3 rings (SSSR count). The van der Waals surface area contributed by atoms with E-state index in [-0.39, 0.29) is 0 Å². The summed E-state index contributed by atoms with van der Waals surface area (Å²) in [4.78, 5) is 8.65. The lowest BCUT2D eigenvalue weighted by Gasteiger charge is -2.38. The first-order chi connectivity index (χ1) is 9.50. The lowest BCUT2D eigenvalue weighted by molar-refractivity contribution is 0.222. The maximum absolute atomic E-state index is 5.90. The van der Waals surface area contributed by atoms with Gasteiger partial charge in [-0.2, -0.15) is 0 Å². The maximum atomic E-state index is 5.90. The van der Waals surface area contributed by atoms with Gasteiger partial charge in [-0.3, -0.25) is 0 Å². The third-order valence-electron chi connectivity index (χ3n) is 5.02. The number of anilines is 1. The van der Waals surface area contributed by atoms with E-state index in [1.807, 2.05) is 11.3 Å². The fourth-order valence-corrected chi connectivity index (χ4v) is 4.31. The van der Waals surface area contributed by atoms with E-state index >= 15 is 0 Å². The zero-order chi connectivity index (χ0) is 14.3. The van der Waals surface area contributed by atoms with Crippen LogP contribution >= 0.6 is 11.3 Å². The lowest BCUT2D eigenvalue weighted by atomic mass is 9.75. The van der Waals surface area contributed by atoms with E-state index in [4.69, 9.17) is 10.7 Å². The Balaban J connectivity index is 1.72. The summed E-state index contributed by atoms with van der Waals surface area (Å²) in [5.41, 5.74) is 7.73. The molecular formula is C16H27N3S. The highest BCUT2D eigenvalue weighted by molar-refractivity contribution is 7.15. The van der Waals surface area contributed by atoms with Crippen LogP contribution in [0.5, 0.6) is 0 Å². The van der Waals surface area contributed by atoms with Crippen molar-refractivity contribution in [3.05, 3.63) is 10.6 Å². The predicted octanol–water partition coefficient (Wildman–Crippen LogP) is 3.88. The lowest BCUT2D eigenvalue weighted by Crippen LogP contribution is -2.37. The zero-order valence-electron chi connectivity index (χ0n) is 13.0. The smallest absolute Gasteiger partial charge is 0.185 e. The predicted molar refractivity (Wildman–Crippen MR) is 86.4 cm³/mol. The molecule has 20 heavy (non-hydrogen) atoms. The van der Waals surface area contributed by atoms with E-state index < -0.39 is 0 Å². The third-order valence-corrected chi connectivity index (χ3v) is 6.21. The molecule has 0 bridgehead atoms. The summed E-state index contributed by atoms with van der Waals surface area (Å²) in [7, 11) is 2.22. The number of rotatable bonds is 4. The molecule has 2 saturated carbocycles. The molecule has 2 N–H and O–H groups in total. The fourth-order valence-electron chi connectivity index (χ4n) is 3.25. The summed E-state index contributed by atoms with van der Waals surface area (Å²) in [5.74, 6) is 0.706. The van der Waals surface area contributed by atoms with Gasteiger partial charge in [-0.05, 0) is 43.9 Å².